The Hall–Kier alpha value is -1.49. The highest BCUT2D eigenvalue weighted by Gasteiger charge is 2.14. The fourth-order valence-corrected chi connectivity index (χ4v) is 1.60. The number of hydrogen-bond donors (Lipinski definition) is 0. The number of alkyl halides is 2. The van der Waals surface area contributed by atoms with Crippen LogP contribution >= 0.6 is 11.6 Å². The van der Waals surface area contributed by atoms with Crippen LogP contribution in [0.15, 0.2) is 30.3 Å². The Balaban J connectivity index is 2.21. The maximum Gasteiger partial charge on any atom is 0.282 e. The summed E-state index contributed by atoms with van der Waals surface area (Å²) in [7, 11) is 0. The maximum absolute atomic E-state index is 12.7. The summed E-state index contributed by atoms with van der Waals surface area (Å²) in [6.45, 7) is 0.228. The van der Waals surface area contributed by atoms with E-state index >= 15 is 0 Å². The highest BCUT2D eigenvalue weighted by Crippen LogP contribution is 2.21. The molecule has 0 unspecified atom stereocenters. The zero-order valence-corrected chi connectivity index (χ0v) is 9.33. The smallest absolute Gasteiger partial charge is 0.249 e. The third-order valence-corrected chi connectivity index (χ3v) is 2.52. The molecule has 0 atom stereocenters. The number of benzene rings is 1. The van der Waals surface area contributed by atoms with Gasteiger partial charge < -0.3 is 0 Å². The first-order chi connectivity index (χ1) is 8.06. The summed E-state index contributed by atoms with van der Waals surface area (Å²) in [6, 6.07) is 6.81. The molecule has 0 aliphatic rings. The second-order valence-electron chi connectivity index (χ2n) is 3.48. The van der Waals surface area contributed by atoms with E-state index in [9.17, 15) is 13.2 Å². The van der Waals surface area contributed by atoms with Gasteiger partial charge in [-0.2, -0.15) is 5.10 Å². The molecule has 0 saturated heterocycles. The van der Waals surface area contributed by atoms with Crippen LogP contribution in [-0.2, 0) is 6.54 Å². The lowest BCUT2D eigenvalue weighted by Crippen LogP contribution is -2.02. The van der Waals surface area contributed by atoms with Crippen LogP contribution < -0.4 is 0 Å². The van der Waals surface area contributed by atoms with Crippen molar-refractivity contribution in [2.45, 2.75) is 13.0 Å². The predicted molar refractivity (Wildman–Crippen MR) is 57.7 cm³/mol. The van der Waals surface area contributed by atoms with Crippen molar-refractivity contribution in [1.82, 2.24) is 9.78 Å². The summed E-state index contributed by atoms with van der Waals surface area (Å²) in [5, 5.41) is 3.80. The molecule has 0 aliphatic heterocycles. The molecule has 0 N–H and O–H groups in total. The van der Waals surface area contributed by atoms with E-state index in [0.717, 1.165) is 11.6 Å². The van der Waals surface area contributed by atoms with Gasteiger partial charge in [-0.05, 0) is 17.7 Å². The van der Waals surface area contributed by atoms with E-state index in [-0.39, 0.29) is 23.2 Å². The van der Waals surface area contributed by atoms with Gasteiger partial charge in [0.05, 0.1) is 6.54 Å². The van der Waals surface area contributed by atoms with E-state index in [1.54, 1.807) is 12.1 Å². The molecular formula is C11H8ClF3N2. The summed E-state index contributed by atoms with van der Waals surface area (Å²) in [4.78, 5) is 0. The highest BCUT2D eigenvalue weighted by atomic mass is 35.5. The second kappa shape index (κ2) is 4.79. The SMILES string of the molecule is Fc1ccc(Cn2nc(C(F)F)cc2Cl)cc1. The molecule has 0 amide bonds. The summed E-state index contributed by atoms with van der Waals surface area (Å²) in [6.07, 6.45) is -2.65. The van der Waals surface area contributed by atoms with Gasteiger partial charge in [0.1, 0.15) is 16.7 Å². The molecule has 0 spiro atoms. The minimum absolute atomic E-state index is 0.129. The molecule has 0 bridgehead atoms. The molecule has 0 radical (unpaired) electrons. The van der Waals surface area contributed by atoms with Crippen molar-refractivity contribution >= 4 is 11.6 Å². The third kappa shape index (κ3) is 2.79. The lowest BCUT2D eigenvalue weighted by molar-refractivity contribution is 0.145. The molecule has 1 aromatic carbocycles. The second-order valence-corrected chi connectivity index (χ2v) is 3.86. The van der Waals surface area contributed by atoms with E-state index in [1.807, 2.05) is 0 Å². The van der Waals surface area contributed by atoms with Gasteiger partial charge in [-0.3, -0.25) is 0 Å². The van der Waals surface area contributed by atoms with E-state index in [4.69, 9.17) is 11.6 Å². The molecule has 1 heterocycles. The summed E-state index contributed by atoms with van der Waals surface area (Å²) in [5.41, 5.74) is 0.370. The fourth-order valence-electron chi connectivity index (χ4n) is 1.39. The van der Waals surface area contributed by atoms with Gasteiger partial charge in [-0.25, -0.2) is 17.9 Å². The van der Waals surface area contributed by atoms with Crippen LogP contribution in [0.5, 0.6) is 0 Å². The number of rotatable bonds is 3. The van der Waals surface area contributed by atoms with Crippen molar-refractivity contribution in [3.05, 3.63) is 52.6 Å². The molecule has 2 rings (SSSR count). The Morgan fingerprint density at radius 2 is 1.88 bits per heavy atom. The molecule has 90 valence electrons. The number of halogens is 4. The fraction of sp³-hybridized carbons (Fsp3) is 0.182. The van der Waals surface area contributed by atoms with Crippen molar-refractivity contribution in [3.8, 4) is 0 Å². The van der Waals surface area contributed by atoms with Gasteiger partial charge >= 0.3 is 0 Å². The number of aromatic nitrogens is 2. The molecule has 0 aliphatic carbocycles. The minimum atomic E-state index is -2.65. The van der Waals surface area contributed by atoms with E-state index in [2.05, 4.69) is 5.10 Å². The Morgan fingerprint density at radius 3 is 2.41 bits per heavy atom. The Kier molecular flexibility index (Phi) is 3.38. The van der Waals surface area contributed by atoms with Gasteiger partial charge in [0.25, 0.3) is 6.43 Å². The molecule has 2 nitrogen and oxygen atoms in total. The Labute approximate surface area is 101 Å². The van der Waals surface area contributed by atoms with Crippen molar-refractivity contribution in [3.63, 3.8) is 0 Å². The number of nitrogens with zero attached hydrogens (tertiary/aromatic N) is 2. The maximum atomic E-state index is 12.7. The van der Waals surface area contributed by atoms with E-state index < -0.39 is 6.43 Å². The molecule has 6 heteroatoms. The zero-order chi connectivity index (χ0) is 12.4. The number of hydrogen-bond acceptors (Lipinski definition) is 1. The van der Waals surface area contributed by atoms with Gasteiger partial charge in [0, 0.05) is 6.07 Å². The van der Waals surface area contributed by atoms with Crippen molar-refractivity contribution in [1.29, 1.82) is 0 Å². The van der Waals surface area contributed by atoms with Gasteiger partial charge in [-0.1, -0.05) is 23.7 Å². The Bertz CT molecular complexity index is 508. The molecular weight excluding hydrogens is 253 g/mol. The molecule has 0 fully saturated rings. The van der Waals surface area contributed by atoms with Gasteiger partial charge in [0.2, 0.25) is 0 Å². The quantitative estimate of drug-likeness (QED) is 0.823. The highest BCUT2D eigenvalue weighted by molar-refractivity contribution is 6.29. The first kappa shape index (κ1) is 12.0. The lowest BCUT2D eigenvalue weighted by Gasteiger charge is -2.03. The standard InChI is InChI=1S/C11H8ClF3N2/c12-10-5-9(11(14)15)16-17(10)6-7-1-3-8(13)4-2-7/h1-5,11H,6H2. The monoisotopic (exact) mass is 260 g/mol. The van der Waals surface area contributed by atoms with E-state index in [0.29, 0.717) is 0 Å². The van der Waals surface area contributed by atoms with Crippen LogP contribution in [0.3, 0.4) is 0 Å². The molecule has 0 saturated carbocycles. The third-order valence-electron chi connectivity index (χ3n) is 2.22. The summed E-state index contributed by atoms with van der Waals surface area (Å²) in [5.74, 6) is -0.353. The summed E-state index contributed by atoms with van der Waals surface area (Å²) >= 11 is 5.76. The minimum Gasteiger partial charge on any atom is -0.249 e. The van der Waals surface area contributed by atoms with Crippen LogP contribution in [0.1, 0.15) is 17.7 Å². The van der Waals surface area contributed by atoms with Crippen molar-refractivity contribution in [2.24, 2.45) is 0 Å². The van der Waals surface area contributed by atoms with Crippen molar-refractivity contribution < 1.29 is 13.2 Å². The predicted octanol–water partition coefficient (Wildman–Crippen LogP) is 3.66. The van der Waals surface area contributed by atoms with Gasteiger partial charge in [0.15, 0.2) is 0 Å². The topological polar surface area (TPSA) is 17.8 Å². The molecule has 1 aromatic heterocycles. The van der Waals surface area contributed by atoms with Gasteiger partial charge in [-0.15, -0.1) is 0 Å². The zero-order valence-electron chi connectivity index (χ0n) is 8.58. The van der Waals surface area contributed by atoms with Crippen LogP contribution in [0.2, 0.25) is 5.15 Å². The first-order valence-electron chi connectivity index (χ1n) is 4.82. The average molecular weight is 261 g/mol. The Morgan fingerprint density at radius 1 is 1.24 bits per heavy atom. The van der Waals surface area contributed by atoms with Crippen molar-refractivity contribution in [2.75, 3.05) is 0 Å². The van der Waals surface area contributed by atoms with E-state index in [1.165, 1.54) is 16.8 Å². The normalized spacial score (nSPS) is 11.1. The van der Waals surface area contributed by atoms with Crippen LogP contribution in [0.25, 0.3) is 0 Å². The molecule has 2 aromatic rings. The van der Waals surface area contributed by atoms with Crippen LogP contribution in [0.4, 0.5) is 13.2 Å². The van der Waals surface area contributed by atoms with Crippen LogP contribution in [-0.4, -0.2) is 9.78 Å². The average Bonchev–Trinajstić information content (AvgIpc) is 2.64. The largest absolute Gasteiger partial charge is 0.282 e. The summed E-state index contributed by atoms with van der Waals surface area (Å²) < 4.78 is 38.6. The lowest BCUT2D eigenvalue weighted by atomic mass is 10.2. The molecule has 17 heavy (non-hydrogen) atoms. The van der Waals surface area contributed by atoms with Crippen LogP contribution in [0, 0.1) is 5.82 Å². The first-order valence-corrected chi connectivity index (χ1v) is 5.20.